The maximum Gasteiger partial charge on any atom is 0.191 e. The molecule has 0 fully saturated rings. The highest BCUT2D eigenvalue weighted by molar-refractivity contribution is 7.99. The number of aryl methyl sites for hydroxylation is 1. The minimum absolute atomic E-state index is 0.499. The van der Waals surface area contributed by atoms with Gasteiger partial charge in [0, 0.05) is 17.8 Å². The summed E-state index contributed by atoms with van der Waals surface area (Å²) in [6.45, 7) is 2.40. The lowest BCUT2D eigenvalue weighted by Crippen LogP contribution is -2.02. The maximum atomic E-state index is 6.07. The Morgan fingerprint density at radius 3 is 2.79 bits per heavy atom. The van der Waals surface area contributed by atoms with E-state index >= 15 is 0 Å². The van der Waals surface area contributed by atoms with Gasteiger partial charge in [-0.1, -0.05) is 35.0 Å². The topological polar surface area (TPSA) is 53.1 Å². The van der Waals surface area contributed by atoms with Crippen LogP contribution in [0.1, 0.15) is 5.76 Å². The van der Waals surface area contributed by atoms with Crippen LogP contribution in [0.15, 0.2) is 40.1 Å². The molecule has 1 aromatic carbocycles. The smallest absolute Gasteiger partial charge is 0.191 e. The van der Waals surface area contributed by atoms with Crippen molar-refractivity contribution in [1.82, 2.24) is 14.8 Å². The molecule has 0 unspecified atom stereocenters. The molecular formula is C16H15Cl2N3O2S. The lowest BCUT2D eigenvalue weighted by molar-refractivity contribution is 0.344. The monoisotopic (exact) mass is 383 g/mol. The second-order valence-electron chi connectivity index (χ2n) is 5.03. The van der Waals surface area contributed by atoms with Gasteiger partial charge in [-0.15, -0.1) is 10.2 Å². The number of nitrogens with zero attached hydrogens (tertiary/aromatic N) is 3. The van der Waals surface area contributed by atoms with Gasteiger partial charge in [0.25, 0.3) is 0 Å². The van der Waals surface area contributed by atoms with Crippen LogP contribution in [0.25, 0.3) is 11.4 Å². The number of ether oxygens (including phenoxy) is 1. The van der Waals surface area contributed by atoms with E-state index in [-0.39, 0.29) is 0 Å². The number of rotatable bonds is 6. The van der Waals surface area contributed by atoms with Gasteiger partial charge < -0.3 is 13.7 Å². The Balaban J connectivity index is 1.58. The molecule has 3 rings (SSSR count). The Morgan fingerprint density at radius 1 is 1.25 bits per heavy atom. The Morgan fingerprint density at radius 2 is 2.08 bits per heavy atom. The molecule has 0 aliphatic rings. The van der Waals surface area contributed by atoms with E-state index in [0.29, 0.717) is 22.4 Å². The molecule has 2 heterocycles. The standard InChI is InChI=1S/C16H15Cl2N3O2S/c1-10-12(5-6-22-10)15-19-20-16(21(15)2)24-8-7-23-14-4-3-11(17)9-13(14)18/h3-6,9H,7-8H2,1-2H3. The Labute approximate surface area is 153 Å². The molecule has 0 saturated carbocycles. The second-order valence-corrected chi connectivity index (χ2v) is 6.93. The van der Waals surface area contributed by atoms with E-state index in [4.69, 9.17) is 32.4 Å². The second kappa shape index (κ2) is 7.51. The van der Waals surface area contributed by atoms with E-state index in [2.05, 4.69) is 10.2 Å². The third kappa shape index (κ3) is 3.71. The predicted octanol–water partition coefficient (Wildman–Crippen LogP) is 4.86. The van der Waals surface area contributed by atoms with Gasteiger partial charge in [0.05, 0.1) is 23.5 Å². The molecule has 0 radical (unpaired) electrons. The number of furan rings is 1. The molecule has 0 amide bonds. The molecule has 0 saturated heterocycles. The average Bonchev–Trinajstić information content (AvgIpc) is 3.11. The Kier molecular flexibility index (Phi) is 5.38. The lowest BCUT2D eigenvalue weighted by Gasteiger charge is -2.08. The van der Waals surface area contributed by atoms with Crippen molar-refractivity contribution in [1.29, 1.82) is 0 Å². The average molecular weight is 384 g/mol. The SMILES string of the molecule is Cc1occc1-c1nnc(SCCOc2ccc(Cl)cc2Cl)n1C. The van der Waals surface area contributed by atoms with Gasteiger partial charge in [-0.2, -0.15) is 0 Å². The minimum atomic E-state index is 0.499. The summed E-state index contributed by atoms with van der Waals surface area (Å²) < 4.78 is 12.9. The molecule has 0 N–H and O–H groups in total. The molecule has 0 spiro atoms. The van der Waals surface area contributed by atoms with E-state index in [1.807, 2.05) is 24.6 Å². The van der Waals surface area contributed by atoms with Crippen LogP contribution in [-0.2, 0) is 7.05 Å². The number of thioether (sulfide) groups is 1. The zero-order valence-electron chi connectivity index (χ0n) is 13.1. The van der Waals surface area contributed by atoms with Crippen LogP contribution in [0.4, 0.5) is 0 Å². The number of hydrogen-bond donors (Lipinski definition) is 0. The van der Waals surface area contributed by atoms with Crippen molar-refractivity contribution in [2.45, 2.75) is 12.1 Å². The summed E-state index contributed by atoms with van der Waals surface area (Å²) in [6.07, 6.45) is 1.65. The van der Waals surface area contributed by atoms with Gasteiger partial charge in [-0.3, -0.25) is 0 Å². The molecule has 3 aromatic rings. The van der Waals surface area contributed by atoms with Crippen LogP contribution < -0.4 is 4.74 Å². The van der Waals surface area contributed by atoms with Crippen LogP contribution in [-0.4, -0.2) is 27.1 Å². The molecule has 24 heavy (non-hydrogen) atoms. The zero-order valence-corrected chi connectivity index (χ0v) is 15.5. The van der Waals surface area contributed by atoms with Crippen molar-refractivity contribution in [3.05, 3.63) is 46.3 Å². The van der Waals surface area contributed by atoms with Crippen molar-refractivity contribution < 1.29 is 9.15 Å². The van der Waals surface area contributed by atoms with Gasteiger partial charge >= 0.3 is 0 Å². The fourth-order valence-electron chi connectivity index (χ4n) is 2.17. The van der Waals surface area contributed by atoms with Gasteiger partial charge in [0.2, 0.25) is 0 Å². The molecule has 2 aromatic heterocycles. The van der Waals surface area contributed by atoms with E-state index in [0.717, 1.165) is 28.1 Å². The molecule has 0 bridgehead atoms. The minimum Gasteiger partial charge on any atom is -0.491 e. The van der Waals surface area contributed by atoms with Crippen LogP contribution >= 0.6 is 35.0 Å². The molecular weight excluding hydrogens is 369 g/mol. The van der Waals surface area contributed by atoms with E-state index < -0.39 is 0 Å². The van der Waals surface area contributed by atoms with Crippen LogP contribution in [0.2, 0.25) is 10.0 Å². The predicted molar refractivity (Wildman–Crippen MR) is 96.1 cm³/mol. The van der Waals surface area contributed by atoms with Crippen molar-refractivity contribution in [2.75, 3.05) is 12.4 Å². The highest BCUT2D eigenvalue weighted by atomic mass is 35.5. The number of benzene rings is 1. The number of aromatic nitrogens is 3. The molecule has 0 aliphatic carbocycles. The highest BCUT2D eigenvalue weighted by Crippen LogP contribution is 2.28. The first-order chi connectivity index (χ1) is 11.6. The lowest BCUT2D eigenvalue weighted by atomic mass is 10.2. The van der Waals surface area contributed by atoms with Gasteiger partial charge in [0.15, 0.2) is 11.0 Å². The number of hydrogen-bond acceptors (Lipinski definition) is 5. The van der Waals surface area contributed by atoms with Crippen LogP contribution in [0.3, 0.4) is 0 Å². The van der Waals surface area contributed by atoms with Crippen LogP contribution in [0, 0.1) is 6.92 Å². The van der Waals surface area contributed by atoms with Gasteiger partial charge in [-0.25, -0.2) is 0 Å². The summed E-state index contributed by atoms with van der Waals surface area (Å²) in [5, 5.41) is 10.4. The summed E-state index contributed by atoms with van der Waals surface area (Å²) in [7, 11) is 1.93. The molecule has 5 nitrogen and oxygen atoms in total. The maximum absolute atomic E-state index is 6.07. The largest absolute Gasteiger partial charge is 0.491 e. The van der Waals surface area contributed by atoms with Crippen molar-refractivity contribution >= 4 is 35.0 Å². The van der Waals surface area contributed by atoms with Gasteiger partial charge in [0.1, 0.15) is 11.5 Å². The molecule has 0 aliphatic heterocycles. The van der Waals surface area contributed by atoms with Crippen molar-refractivity contribution in [3.8, 4) is 17.1 Å². The molecule has 0 atom stereocenters. The third-order valence-corrected chi connectivity index (χ3v) is 4.92. The Hall–Kier alpha value is -1.63. The van der Waals surface area contributed by atoms with Crippen LogP contribution in [0.5, 0.6) is 5.75 Å². The summed E-state index contributed by atoms with van der Waals surface area (Å²) in [5.41, 5.74) is 0.945. The summed E-state index contributed by atoms with van der Waals surface area (Å²) in [4.78, 5) is 0. The highest BCUT2D eigenvalue weighted by Gasteiger charge is 2.14. The Bertz CT molecular complexity index is 848. The van der Waals surface area contributed by atoms with E-state index in [9.17, 15) is 0 Å². The van der Waals surface area contributed by atoms with E-state index in [1.54, 1.807) is 36.2 Å². The fraction of sp³-hybridized carbons (Fsp3) is 0.250. The number of halogens is 2. The molecule has 8 heteroatoms. The third-order valence-electron chi connectivity index (χ3n) is 3.40. The molecule has 126 valence electrons. The summed E-state index contributed by atoms with van der Waals surface area (Å²) in [6, 6.07) is 7.06. The summed E-state index contributed by atoms with van der Waals surface area (Å²) >= 11 is 13.5. The first-order valence-corrected chi connectivity index (χ1v) is 8.95. The van der Waals surface area contributed by atoms with Crippen molar-refractivity contribution in [2.24, 2.45) is 7.05 Å². The quantitative estimate of drug-likeness (QED) is 0.449. The fourth-order valence-corrected chi connectivity index (χ4v) is 3.36. The van der Waals surface area contributed by atoms with Gasteiger partial charge in [-0.05, 0) is 31.2 Å². The first-order valence-electron chi connectivity index (χ1n) is 7.21. The normalized spacial score (nSPS) is 11.0. The van der Waals surface area contributed by atoms with E-state index in [1.165, 1.54) is 0 Å². The summed E-state index contributed by atoms with van der Waals surface area (Å²) in [5.74, 6) is 2.94. The van der Waals surface area contributed by atoms with Crippen molar-refractivity contribution in [3.63, 3.8) is 0 Å². The zero-order chi connectivity index (χ0) is 17.1. The first kappa shape index (κ1) is 17.2.